The van der Waals surface area contributed by atoms with Crippen LogP contribution in [0, 0.1) is 5.41 Å². The molecule has 2 amide bonds. The summed E-state index contributed by atoms with van der Waals surface area (Å²) in [6, 6.07) is -0.860. The van der Waals surface area contributed by atoms with E-state index in [1.807, 2.05) is 0 Å². The fourth-order valence-corrected chi connectivity index (χ4v) is 2.01. The van der Waals surface area contributed by atoms with E-state index < -0.39 is 42.4 Å². The zero-order valence-corrected chi connectivity index (χ0v) is 10.6. The van der Waals surface area contributed by atoms with Crippen LogP contribution in [0.1, 0.15) is 27.2 Å². The number of piperazine rings is 1. The molecule has 1 N–H and O–H groups in total. The van der Waals surface area contributed by atoms with E-state index in [9.17, 15) is 22.8 Å². The van der Waals surface area contributed by atoms with E-state index in [-0.39, 0.29) is 6.54 Å². The topological polar surface area (TPSA) is 49.4 Å². The Morgan fingerprint density at radius 1 is 1.28 bits per heavy atom. The number of nitrogens with zero attached hydrogens (tertiary/aromatic N) is 1. The van der Waals surface area contributed by atoms with Gasteiger partial charge in [0.15, 0.2) is 0 Å². The molecule has 1 unspecified atom stereocenters. The first-order valence-corrected chi connectivity index (χ1v) is 5.66. The number of halogens is 3. The van der Waals surface area contributed by atoms with Gasteiger partial charge in [0.2, 0.25) is 11.8 Å². The zero-order valence-electron chi connectivity index (χ0n) is 10.6. The second kappa shape index (κ2) is 4.78. The van der Waals surface area contributed by atoms with Crippen LogP contribution in [-0.4, -0.2) is 42.0 Å². The van der Waals surface area contributed by atoms with Crippen LogP contribution in [0.5, 0.6) is 0 Å². The molecule has 1 heterocycles. The van der Waals surface area contributed by atoms with E-state index in [0.29, 0.717) is 0 Å². The van der Waals surface area contributed by atoms with Crippen molar-refractivity contribution in [3.05, 3.63) is 0 Å². The first-order valence-electron chi connectivity index (χ1n) is 5.66. The molecule has 0 aromatic rings. The summed E-state index contributed by atoms with van der Waals surface area (Å²) in [5, 5.41) is 2.40. The Bertz CT molecular complexity index is 347. The van der Waals surface area contributed by atoms with Crippen molar-refractivity contribution in [3.8, 4) is 0 Å². The Morgan fingerprint density at radius 2 is 1.83 bits per heavy atom. The SMILES string of the molecule is CC(C)(C)C1C(=O)NCC(=O)N1CCC(F)(F)F. The van der Waals surface area contributed by atoms with E-state index in [0.717, 1.165) is 4.90 Å². The minimum absolute atomic E-state index is 0.233. The van der Waals surface area contributed by atoms with Crippen molar-refractivity contribution in [2.45, 2.75) is 39.4 Å². The van der Waals surface area contributed by atoms with Gasteiger partial charge in [-0.3, -0.25) is 9.59 Å². The molecule has 1 fully saturated rings. The van der Waals surface area contributed by atoms with Crippen molar-refractivity contribution in [2.24, 2.45) is 5.41 Å². The van der Waals surface area contributed by atoms with Crippen LogP contribution in [0.4, 0.5) is 13.2 Å². The summed E-state index contributed by atoms with van der Waals surface area (Å²) in [5.74, 6) is -0.872. The summed E-state index contributed by atoms with van der Waals surface area (Å²) in [4.78, 5) is 24.4. The van der Waals surface area contributed by atoms with Gasteiger partial charge >= 0.3 is 6.18 Å². The molecule has 0 bridgehead atoms. The lowest BCUT2D eigenvalue weighted by molar-refractivity contribution is -0.159. The highest BCUT2D eigenvalue weighted by atomic mass is 19.4. The molecule has 4 nitrogen and oxygen atoms in total. The summed E-state index contributed by atoms with van der Waals surface area (Å²) in [6.45, 7) is 4.45. The Labute approximate surface area is 104 Å². The third-order valence-corrected chi connectivity index (χ3v) is 2.75. The first-order chi connectivity index (χ1) is 8.02. The number of rotatable bonds is 2. The smallest absolute Gasteiger partial charge is 0.345 e. The molecule has 18 heavy (non-hydrogen) atoms. The average Bonchev–Trinajstić information content (AvgIpc) is 2.15. The van der Waals surface area contributed by atoms with Crippen molar-refractivity contribution in [1.29, 1.82) is 0 Å². The molecule has 0 aliphatic carbocycles. The molecule has 0 spiro atoms. The largest absolute Gasteiger partial charge is 0.390 e. The molecule has 1 aliphatic rings. The monoisotopic (exact) mass is 266 g/mol. The fraction of sp³-hybridized carbons (Fsp3) is 0.818. The lowest BCUT2D eigenvalue weighted by Crippen LogP contribution is -2.63. The van der Waals surface area contributed by atoms with Gasteiger partial charge in [0, 0.05) is 6.54 Å². The quantitative estimate of drug-likeness (QED) is 0.819. The van der Waals surface area contributed by atoms with Crippen LogP contribution in [0.25, 0.3) is 0 Å². The summed E-state index contributed by atoms with van der Waals surface area (Å²) >= 11 is 0. The summed E-state index contributed by atoms with van der Waals surface area (Å²) in [6.07, 6.45) is -5.44. The summed E-state index contributed by atoms with van der Waals surface area (Å²) in [7, 11) is 0. The highest BCUT2D eigenvalue weighted by Crippen LogP contribution is 2.28. The molecule has 0 radical (unpaired) electrons. The molecule has 0 aromatic carbocycles. The molecule has 0 saturated carbocycles. The van der Waals surface area contributed by atoms with E-state index in [2.05, 4.69) is 5.32 Å². The highest BCUT2D eigenvalue weighted by Gasteiger charge is 2.43. The van der Waals surface area contributed by atoms with Gasteiger partial charge in [-0.1, -0.05) is 20.8 Å². The third kappa shape index (κ3) is 3.61. The predicted molar refractivity (Wildman–Crippen MR) is 58.6 cm³/mol. The van der Waals surface area contributed by atoms with E-state index in [1.165, 1.54) is 0 Å². The minimum atomic E-state index is -4.34. The van der Waals surface area contributed by atoms with Gasteiger partial charge in [-0.25, -0.2) is 0 Å². The van der Waals surface area contributed by atoms with Gasteiger partial charge in [0.05, 0.1) is 13.0 Å². The molecule has 104 valence electrons. The Morgan fingerprint density at radius 3 is 2.28 bits per heavy atom. The van der Waals surface area contributed by atoms with Crippen LogP contribution in [0.2, 0.25) is 0 Å². The van der Waals surface area contributed by atoms with Gasteiger partial charge in [0.1, 0.15) is 6.04 Å². The summed E-state index contributed by atoms with van der Waals surface area (Å²) in [5.41, 5.74) is -0.605. The van der Waals surface area contributed by atoms with Crippen LogP contribution >= 0.6 is 0 Å². The number of amides is 2. The Hall–Kier alpha value is -1.27. The maximum atomic E-state index is 12.2. The van der Waals surface area contributed by atoms with Crippen molar-refractivity contribution in [3.63, 3.8) is 0 Å². The van der Waals surface area contributed by atoms with Crippen molar-refractivity contribution < 1.29 is 22.8 Å². The molecule has 1 saturated heterocycles. The number of alkyl halides is 3. The Balaban J connectivity index is 2.87. The van der Waals surface area contributed by atoms with Gasteiger partial charge < -0.3 is 10.2 Å². The molecule has 1 atom stereocenters. The fourth-order valence-electron chi connectivity index (χ4n) is 2.01. The standard InChI is InChI=1S/C11H17F3N2O2/c1-10(2,3)8-9(18)15-6-7(17)16(8)5-4-11(12,13)14/h8H,4-6H2,1-3H3,(H,15,18). The number of hydrogen-bond donors (Lipinski definition) is 1. The highest BCUT2D eigenvalue weighted by molar-refractivity contribution is 5.95. The molecular weight excluding hydrogens is 249 g/mol. The van der Waals surface area contributed by atoms with Crippen LogP contribution in [-0.2, 0) is 9.59 Å². The molecular formula is C11H17F3N2O2. The van der Waals surface area contributed by atoms with Crippen LogP contribution in [0.15, 0.2) is 0 Å². The van der Waals surface area contributed by atoms with E-state index >= 15 is 0 Å². The van der Waals surface area contributed by atoms with Gasteiger partial charge in [0.25, 0.3) is 0 Å². The lowest BCUT2D eigenvalue weighted by Gasteiger charge is -2.42. The molecule has 1 aliphatic heterocycles. The maximum Gasteiger partial charge on any atom is 0.390 e. The number of carbonyl (C=O) groups excluding carboxylic acids is 2. The van der Waals surface area contributed by atoms with Gasteiger partial charge in [-0.15, -0.1) is 0 Å². The zero-order chi connectivity index (χ0) is 14.1. The van der Waals surface area contributed by atoms with Crippen LogP contribution in [0.3, 0.4) is 0 Å². The minimum Gasteiger partial charge on any atom is -0.345 e. The first kappa shape index (κ1) is 14.8. The number of nitrogens with one attached hydrogen (secondary N) is 1. The normalized spacial score (nSPS) is 22.1. The van der Waals surface area contributed by atoms with E-state index in [4.69, 9.17) is 0 Å². The molecule has 7 heteroatoms. The second-order valence-corrected chi connectivity index (χ2v) is 5.44. The maximum absolute atomic E-state index is 12.2. The number of carbonyl (C=O) groups is 2. The van der Waals surface area contributed by atoms with Gasteiger partial charge in [-0.05, 0) is 5.41 Å². The van der Waals surface area contributed by atoms with Crippen molar-refractivity contribution in [2.75, 3.05) is 13.1 Å². The van der Waals surface area contributed by atoms with E-state index in [1.54, 1.807) is 20.8 Å². The second-order valence-electron chi connectivity index (χ2n) is 5.44. The number of hydrogen-bond acceptors (Lipinski definition) is 2. The Kier molecular flexibility index (Phi) is 3.92. The van der Waals surface area contributed by atoms with Crippen molar-refractivity contribution in [1.82, 2.24) is 10.2 Å². The van der Waals surface area contributed by atoms with Crippen molar-refractivity contribution >= 4 is 11.8 Å². The summed E-state index contributed by atoms with van der Waals surface area (Å²) < 4.78 is 36.7. The van der Waals surface area contributed by atoms with Crippen LogP contribution < -0.4 is 5.32 Å². The molecule has 0 aromatic heterocycles. The third-order valence-electron chi connectivity index (χ3n) is 2.75. The lowest BCUT2D eigenvalue weighted by atomic mass is 9.84. The predicted octanol–water partition coefficient (Wildman–Crippen LogP) is 1.31. The van der Waals surface area contributed by atoms with Gasteiger partial charge in [-0.2, -0.15) is 13.2 Å². The molecule has 1 rings (SSSR count). The average molecular weight is 266 g/mol.